The summed E-state index contributed by atoms with van der Waals surface area (Å²) in [6, 6.07) is 0. The number of primary sulfonamides is 1. The summed E-state index contributed by atoms with van der Waals surface area (Å²) in [5.74, 6) is 0.882. The van der Waals surface area contributed by atoms with E-state index in [1.807, 2.05) is 0 Å². The Morgan fingerprint density at radius 3 is 1.94 bits per heavy atom. The van der Waals surface area contributed by atoms with Gasteiger partial charge in [0.1, 0.15) is 5.82 Å². The Kier molecular flexibility index (Phi) is 2.27. The maximum atomic E-state index is 11.3. The Bertz CT molecular complexity index is 557. The predicted octanol–water partition coefficient (Wildman–Crippen LogP) is 0.612. The van der Waals surface area contributed by atoms with Gasteiger partial charge in [-0.3, -0.25) is 0 Å². The van der Waals surface area contributed by atoms with E-state index in [1.54, 1.807) is 7.05 Å². The molecule has 96 valence electrons. The zero-order chi connectivity index (χ0) is 13.2. The molecule has 1 aliphatic rings. The van der Waals surface area contributed by atoms with Crippen molar-refractivity contribution >= 4 is 10.0 Å². The van der Waals surface area contributed by atoms with Crippen molar-refractivity contribution in [1.82, 2.24) is 14.8 Å². The number of rotatable bonds is 2. The van der Waals surface area contributed by atoms with Crippen molar-refractivity contribution in [3.8, 4) is 0 Å². The molecule has 17 heavy (non-hydrogen) atoms. The van der Waals surface area contributed by atoms with Gasteiger partial charge in [-0.05, 0) is 10.8 Å². The first-order valence-corrected chi connectivity index (χ1v) is 6.98. The van der Waals surface area contributed by atoms with Crippen LogP contribution in [0, 0.1) is 10.8 Å². The van der Waals surface area contributed by atoms with Gasteiger partial charge in [-0.2, -0.15) is 0 Å². The highest BCUT2D eigenvalue weighted by Crippen LogP contribution is 2.73. The van der Waals surface area contributed by atoms with Crippen molar-refractivity contribution in [2.24, 2.45) is 23.0 Å². The zero-order valence-corrected chi connectivity index (χ0v) is 11.5. The number of sulfonamides is 1. The molecule has 0 bridgehead atoms. The third-order valence-electron chi connectivity index (χ3n) is 4.40. The van der Waals surface area contributed by atoms with Crippen LogP contribution in [0.15, 0.2) is 5.16 Å². The summed E-state index contributed by atoms with van der Waals surface area (Å²) in [6.45, 7) is 8.57. The predicted molar refractivity (Wildman–Crippen MR) is 62.7 cm³/mol. The number of nitrogens with two attached hydrogens (primary N) is 1. The zero-order valence-electron chi connectivity index (χ0n) is 10.7. The first-order chi connectivity index (χ1) is 7.51. The van der Waals surface area contributed by atoms with E-state index in [9.17, 15) is 8.42 Å². The molecular weight excluding hydrogens is 240 g/mol. The highest BCUT2D eigenvalue weighted by atomic mass is 32.2. The average molecular weight is 258 g/mol. The van der Waals surface area contributed by atoms with Gasteiger partial charge in [0.2, 0.25) is 0 Å². The average Bonchev–Trinajstić information content (AvgIpc) is 2.41. The van der Waals surface area contributed by atoms with Gasteiger partial charge < -0.3 is 4.57 Å². The summed E-state index contributed by atoms with van der Waals surface area (Å²) >= 11 is 0. The smallest absolute Gasteiger partial charge is 0.273 e. The lowest BCUT2D eigenvalue weighted by atomic mass is 10.0. The standard InChI is InChI=1S/C10H18N4O2S/c1-9(2)6(10(9,3)4)7-12-13-8(14(7)5)17(11,15)16/h6H,1-5H3,(H2,11,15,16). The summed E-state index contributed by atoms with van der Waals surface area (Å²) in [5, 5.41) is 12.6. The van der Waals surface area contributed by atoms with Crippen LogP contribution in [0.4, 0.5) is 0 Å². The summed E-state index contributed by atoms with van der Waals surface area (Å²) in [5.41, 5.74) is 0.173. The van der Waals surface area contributed by atoms with E-state index in [0.717, 1.165) is 0 Å². The van der Waals surface area contributed by atoms with E-state index in [-0.39, 0.29) is 21.9 Å². The number of hydrogen-bond donors (Lipinski definition) is 1. The SMILES string of the molecule is Cn1c(C2C(C)(C)C2(C)C)nnc1S(N)(=O)=O. The Morgan fingerprint density at radius 1 is 1.18 bits per heavy atom. The van der Waals surface area contributed by atoms with Crippen LogP contribution in [0.2, 0.25) is 0 Å². The quantitative estimate of drug-likeness (QED) is 0.841. The molecule has 1 aromatic heterocycles. The fourth-order valence-electron chi connectivity index (χ4n) is 2.67. The first-order valence-electron chi connectivity index (χ1n) is 5.43. The molecule has 1 aliphatic carbocycles. The van der Waals surface area contributed by atoms with Crippen molar-refractivity contribution in [2.45, 2.75) is 38.8 Å². The van der Waals surface area contributed by atoms with Gasteiger partial charge in [0.15, 0.2) is 0 Å². The van der Waals surface area contributed by atoms with E-state index in [4.69, 9.17) is 5.14 Å². The molecule has 0 aliphatic heterocycles. The van der Waals surface area contributed by atoms with E-state index < -0.39 is 10.0 Å². The van der Waals surface area contributed by atoms with Crippen molar-refractivity contribution in [3.63, 3.8) is 0 Å². The summed E-state index contributed by atoms with van der Waals surface area (Å²) in [4.78, 5) is 0. The second kappa shape index (κ2) is 3.08. The molecule has 0 amide bonds. The molecule has 1 saturated carbocycles. The van der Waals surface area contributed by atoms with Crippen LogP contribution < -0.4 is 5.14 Å². The largest absolute Gasteiger partial charge is 0.304 e. The van der Waals surface area contributed by atoms with Crippen molar-refractivity contribution < 1.29 is 8.42 Å². The van der Waals surface area contributed by atoms with Crippen LogP contribution in [0.5, 0.6) is 0 Å². The van der Waals surface area contributed by atoms with E-state index in [2.05, 4.69) is 37.9 Å². The topological polar surface area (TPSA) is 90.9 Å². The molecule has 1 heterocycles. The Balaban J connectivity index is 2.49. The molecule has 7 heteroatoms. The summed E-state index contributed by atoms with van der Waals surface area (Å²) < 4.78 is 24.1. The lowest BCUT2D eigenvalue weighted by Gasteiger charge is -2.03. The minimum absolute atomic E-state index is 0.0867. The maximum Gasteiger partial charge on any atom is 0.273 e. The van der Waals surface area contributed by atoms with Crippen LogP contribution in [-0.2, 0) is 17.1 Å². The molecular formula is C10H18N4O2S. The van der Waals surface area contributed by atoms with Gasteiger partial charge >= 0.3 is 0 Å². The van der Waals surface area contributed by atoms with E-state index in [1.165, 1.54) is 4.57 Å². The molecule has 0 spiro atoms. The van der Waals surface area contributed by atoms with Crippen LogP contribution in [-0.4, -0.2) is 23.2 Å². The lowest BCUT2D eigenvalue weighted by molar-refractivity contribution is 0.457. The summed E-state index contributed by atoms with van der Waals surface area (Å²) in [7, 11) is -2.17. The molecule has 1 aromatic rings. The minimum atomic E-state index is -3.80. The second-order valence-electron chi connectivity index (χ2n) is 5.82. The minimum Gasteiger partial charge on any atom is -0.304 e. The molecule has 1 fully saturated rings. The fraction of sp³-hybridized carbons (Fsp3) is 0.800. The molecule has 0 atom stereocenters. The fourth-order valence-corrected chi connectivity index (χ4v) is 3.30. The van der Waals surface area contributed by atoms with E-state index >= 15 is 0 Å². The monoisotopic (exact) mass is 258 g/mol. The molecule has 2 N–H and O–H groups in total. The summed E-state index contributed by atoms with van der Waals surface area (Å²) in [6.07, 6.45) is 0. The van der Waals surface area contributed by atoms with Crippen LogP contribution in [0.3, 0.4) is 0 Å². The number of aromatic nitrogens is 3. The third-order valence-corrected chi connectivity index (χ3v) is 5.27. The van der Waals surface area contributed by atoms with Gasteiger partial charge in [-0.25, -0.2) is 13.6 Å². The molecule has 2 rings (SSSR count). The molecule has 0 unspecified atom stereocenters. The molecule has 0 radical (unpaired) electrons. The van der Waals surface area contributed by atoms with Gasteiger partial charge in [-0.15, -0.1) is 10.2 Å². The first kappa shape index (κ1) is 12.5. The Hall–Kier alpha value is -0.950. The Labute approximate surface area is 101 Å². The van der Waals surface area contributed by atoms with Crippen LogP contribution in [0.1, 0.15) is 39.4 Å². The third kappa shape index (κ3) is 1.52. The highest BCUT2D eigenvalue weighted by Gasteiger charge is 2.67. The number of hydrogen-bond acceptors (Lipinski definition) is 4. The number of nitrogens with zero attached hydrogens (tertiary/aromatic N) is 3. The van der Waals surface area contributed by atoms with Gasteiger partial charge in [0.25, 0.3) is 15.2 Å². The van der Waals surface area contributed by atoms with E-state index in [0.29, 0.717) is 5.82 Å². The maximum absolute atomic E-state index is 11.3. The van der Waals surface area contributed by atoms with Crippen molar-refractivity contribution in [2.75, 3.05) is 0 Å². The lowest BCUT2D eigenvalue weighted by Crippen LogP contribution is -2.18. The van der Waals surface area contributed by atoms with Crippen molar-refractivity contribution in [1.29, 1.82) is 0 Å². The highest BCUT2D eigenvalue weighted by molar-refractivity contribution is 7.89. The molecule has 0 aromatic carbocycles. The molecule has 6 nitrogen and oxygen atoms in total. The van der Waals surface area contributed by atoms with Gasteiger partial charge in [0, 0.05) is 13.0 Å². The van der Waals surface area contributed by atoms with Gasteiger partial charge in [0.05, 0.1) is 0 Å². The Morgan fingerprint density at radius 2 is 1.65 bits per heavy atom. The van der Waals surface area contributed by atoms with Gasteiger partial charge in [-0.1, -0.05) is 27.7 Å². The van der Waals surface area contributed by atoms with Crippen LogP contribution >= 0.6 is 0 Å². The second-order valence-corrected chi connectivity index (χ2v) is 7.28. The molecule has 0 saturated heterocycles. The van der Waals surface area contributed by atoms with Crippen molar-refractivity contribution in [3.05, 3.63) is 5.82 Å². The normalized spacial score (nSPS) is 22.7. The van der Waals surface area contributed by atoms with Crippen LogP contribution in [0.25, 0.3) is 0 Å².